The molecule has 0 aliphatic carbocycles. The van der Waals surface area contributed by atoms with Gasteiger partial charge in [0.15, 0.2) is 0 Å². The molecular weight excluding hydrogens is 134 g/mol. The molecule has 0 rings (SSSR count). The first-order valence-corrected chi connectivity index (χ1v) is 4.47. The maximum Gasteiger partial charge on any atom is 0.00674 e. The van der Waals surface area contributed by atoms with Crippen LogP contribution in [-0.4, -0.2) is 6.04 Å². The van der Waals surface area contributed by atoms with E-state index in [4.69, 9.17) is 5.73 Å². The summed E-state index contributed by atoms with van der Waals surface area (Å²) in [5, 5.41) is 0. The fourth-order valence-electron chi connectivity index (χ4n) is 1.00. The molecule has 0 aliphatic heterocycles. The molecule has 0 fully saturated rings. The molecule has 0 radical (unpaired) electrons. The number of hydrogen-bond donors (Lipinski definition) is 1. The van der Waals surface area contributed by atoms with Gasteiger partial charge in [-0.15, -0.1) is 6.58 Å². The van der Waals surface area contributed by atoms with Crippen LogP contribution >= 0.6 is 0 Å². The van der Waals surface area contributed by atoms with Gasteiger partial charge in [-0.05, 0) is 25.7 Å². The standard InChI is InChI=1S/C10H21N/c1-5-9(4)10(11)7-6-8(2)3/h9-10H,2,5-7,11H2,1,3-4H3. The van der Waals surface area contributed by atoms with Crippen LogP contribution in [0.3, 0.4) is 0 Å². The van der Waals surface area contributed by atoms with Gasteiger partial charge in [-0.25, -0.2) is 0 Å². The lowest BCUT2D eigenvalue weighted by molar-refractivity contribution is 0.420. The Hall–Kier alpha value is -0.300. The van der Waals surface area contributed by atoms with E-state index in [0.717, 1.165) is 12.8 Å². The van der Waals surface area contributed by atoms with E-state index in [0.29, 0.717) is 12.0 Å². The van der Waals surface area contributed by atoms with Crippen LogP contribution < -0.4 is 5.73 Å². The van der Waals surface area contributed by atoms with Crippen molar-refractivity contribution in [2.24, 2.45) is 11.7 Å². The highest BCUT2D eigenvalue weighted by atomic mass is 14.6. The minimum absolute atomic E-state index is 0.358. The van der Waals surface area contributed by atoms with Crippen LogP contribution in [0.15, 0.2) is 12.2 Å². The van der Waals surface area contributed by atoms with Gasteiger partial charge >= 0.3 is 0 Å². The molecule has 11 heavy (non-hydrogen) atoms. The van der Waals surface area contributed by atoms with Crippen molar-refractivity contribution in [1.29, 1.82) is 0 Å². The van der Waals surface area contributed by atoms with Crippen LogP contribution in [0.25, 0.3) is 0 Å². The Bertz CT molecular complexity index is 118. The molecule has 0 aromatic carbocycles. The zero-order valence-electron chi connectivity index (χ0n) is 8.06. The van der Waals surface area contributed by atoms with Crippen molar-refractivity contribution in [3.05, 3.63) is 12.2 Å². The molecule has 1 heteroatoms. The van der Waals surface area contributed by atoms with Crippen molar-refractivity contribution in [1.82, 2.24) is 0 Å². The molecule has 0 saturated carbocycles. The lowest BCUT2D eigenvalue weighted by Gasteiger charge is -2.17. The van der Waals surface area contributed by atoms with Gasteiger partial charge in [0.1, 0.15) is 0 Å². The molecule has 66 valence electrons. The normalized spacial score (nSPS) is 16.0. The number of rotatable bonds is 5. The Morgan fingerprint density at radius 2 is 2.09 bits per heavy atom. The second kappa shape index (κ2) is 5.36. The first-order chi connectivity index (χ1) is 5.07. The SMILES string of the molecule is C=C(C)CCC(N)C(C)CC. The summed E-state index contributed by atoms with van der Waals surface area (Å²) in [5.41, 5.74) is 7.17. The number of hydrogen-bond acceptors (Lipinski definition) is 1. The van der Waals surface area contributed by atoms with Crippen molar-refractivity contribution in [2.75, 3.05) is 0 Å². The monoisotopic (exact) mass is 155 g/mol. The predicted octanol–water partition coefficient (Wildman–Crippen LogP) is 2.72. The summed E-state index contributed by atoms with van der Waals surface area (Å²) in [6, 6.07) is 0.358. The summed E-state index contributed by atoms with van der Waals surface area (Å²) in [5.74, 6) is 0.648. The van der Waals surface area contributed by atoms with Gasteiger partial charge < -0.3 is 5.73 Å². The van der Waals surface area contributed by atoms with E-state index in [1.54, 1.807) is 0 Å². The average molecular weight is 155 g/mol. The van der Waals surface area contributed by atoms with E-state index in [-0.39, 0.29) is 0 Å². The van der Waals surface area contributed by atoms with Gasteiger partial charge in [-0.2, -0.15) is 0 Å². The number of nitrogens with two attached hydrogens (primary N) is 1. The van der Waals surface area contributed by atoms with Crippen molar-refractivity contribution in [3.8, 4) is 0 Å². The van der Waals surface area contributed by atoms with Gasteiger partial charge in [0.25, 0.3) is 0 Å². The third-order valence-corrected chi connectivity index (χ3v) is 2.28. The molecule has 2 unspecified atom stereocenters. The second-order valence-corrected chi connectivity index (χ2v) is 3.55. The van der Waals surface area contributed by atoms with Gasteiger partial charge in [-0.3, -0.25) is 0 Å². The summed E-state index contributed by atoms with van der Waals surface area (Å²) in [6.45, 7) is 10.3. The minimum Gasteiger partial charge on any atom is -0.327 e. The van der Waals surface area contributed by atoms with E-state index in [2.05, 4.69) is 27.4 Å². The zero-order valence-corrected chi connectivity index (χ0v) is 8.06. The van der Waals surface area contributed by atoms with Crippen LogP contribution in [0.2, 0.25) is 0 Å². The van der Waals surface area contributed by atoms with Gasteiger partial charge in [0.05, 0.1) is 0 Å². The highest BCUT2D eigenvalue weighted by Gasteiger charge is 2.09. The Morgan fingerprint density at radius 1 is 1.55 bits per heavy atom. The molecule has 1 nitrogen and oxygen atoms in total. The molecule has 2 N–H and O–H groups in total. The van der Waals surface area contributed by atoms with Crippen molar-refractivity contribution in [2.45, 2.75) is 46.1 Å². The third kappa shape index (κ3) is 5.02. The molecule has 0 aromatic heterocycles. The largest absolute Gasteiger partial charge is 0.327 e. The van der Waals surface area contributed by atoms with Crippen LogP contribution in [0.5, 0.6) is 0 Å². The van der Waals surface area contributed by atoms with E-state index in [1.807, 2.05) is 0 Å². The summed E-state index contributed by atoms with van der Waals surface area (Å²) in [7, 11) is 0. The molecule has 0 saturated heterocycles. The Morgan fingerprint density at radius 3 is 2.45 bits per heavy atom. The fourth-order valence-corrected chi connectivity index (χ4v) is 1.00. The van der Waals surface area contributed by atoms with Crippen LogP contribution in [0.1, 0.15) is 40.0 Å². The topological polar surface area (TPSA) is 26.0 Å². The lowest BCUT2D eigenvalue weighted by atomic mass is 9.95. The van der Waals surface area contributed by atoms with Crippen LogP contribution in [-0.2, 0) is 0 Å². The van der Waals surface area contributed by atoms with E-state index in [9.17, 15) is 0 Å². The quantitative estimate of drug-likeness (QED) is 0.607. The lowest BCUT2D eigenvalue weighted by Crippen LogP contribution is -2.27. The van der Waals surface area contributed by atoms with Gasteiger partial charge in [0.2, 0.25) is 0 Å². The summed E-state index contributed by atoms with van der Waals surface area (Å²) < 4.78 is 0. The van der Waals surface area contributed by atoms with E-state index in [1.165, 1.54) is 12.0 Å². The highest BCUT2D eigenvalue weighted by molar-refractivity contribution is 4.89. The van der Waals surface area contributed by atoms with Gasteiger partial charge in [0, 0.05) is 6.04 Å². The molecule has 0 bridgehead atoms. The van der Waals surface area contributed by atoms with Crippen LogP contribution in [0.4, 0.5) is 0 Å². The summed E-state index contributed by atoms with van der Waals surface area (Å²) in [6.07, 6.45) is 3.34. The molecule has 0 aliphatic rings. The Labute approximate surface area is 70.7 Å². The fraction of sp³-hybridized carbons (Fsp3) is 0.800. The number of allylic oxidation sites excluding steroid dienone is 1. The van der Waals surface area contributed by atoms with Crippen LogP contribution in [0, 0.1) is 5.92 Å². The third-order valence-electron chi connectivity index (χ3n) is 2.28. The molecular formula is C10H21N. The second-order valence-electron chi connectivity index (χ2n) is 3.55. The van der Waals surface area contributed by atoms with Crippen molar-refractivity contribution >= 4 is 0 Å². The molecule has 0 spiro atoms. The smallest absolute Gasteiger partial charge is 0.00674 e. The Balaban J connectivity index is 3.51. The molecule has 2 atom stereocenters. The van der Waals surface area contributed by atoms with Gasteiger partial charge in [-0.1, -0.05) is 25.8 Å². The van der Waals surface area contributed by atoms with Crippen molar-refractivity contribution in [3.63, 3.8) is 0 Å². The molecule has 0 heterocycles. The first kappa shape index (κ1) is 10.7. The Kier molecular flexibility index (Phi) is 5.22. The minimum atomic E-state index is 0.358. The first-order valence-electron chi connectivity index (χ1n) is 4.47. The molecule has 0 aromatic rings. The molecule has 0 amide bonds. The summed E-state index contributed by atoms with van der Waals surface area (Å²) in [4.78, 5) is 0. The zero-order chi connectivity index (χ0) is 8.85. The predicted molar refractivity (Wildman–Crippen MR) is 51.5 cm³/mol. The van der Waals surface area contributed by atoms with Crippen molar-refractivity contribution < 1.29 is 0 Å². The maximum absolute atomic E-state index is 5.93. The van der Waals surface area contributed by atoms with E-state index < -0.39 is 0 Å². The summed E-state index contributed by atoms with van der Waals surface area (Å²) >= 11 is 0. The van der Waals surface area contributed by atoms with E-state index >= 15 is 0 Å². The average Bonchev–Trinajstić information content (AvgIpc) is 1.98. The highest BCUT2D eigenvalue weighted by Crippen LogP contribution is 2.12. The maximum atomic E-state index is 5.93.